The van der Waals surface area contributed by atoms with Gasteiger partial charge >= 0.3 is 0 Å². The molecule has 2 aromatic rings. The highest BCUT2D eigenvalue weighted by Crippen LogP contribution is 2.38. The Bertz CT molecular complexity index is 1050. The molecule has 6 nitrogen and oxygen atoms in total. The van der Waals surface area contributed by atoms with Crippen LogP contribution in [0.25, 0.3) is 5.57 Å². The highest BCUT2D eigenvalue weighted by atomic mass is 35.5. The summed E-state index contributed by atoms with van der Waals surface area (Å²) in [4.78, 5) is 27.6. The van der Waals surface area contributed by atoms with Gasteiger partial charge < -0.3 is 14.8 Å². The molecule has 2 heterocycles. The summed E-state index contributed by atoms with van der Waals surface area (Å²) in [6.45, 7) is 2.57. The van der Waals surface area contributed by atoms with Crippen LogP contribution >= 0.6 is 23.2 Å². The highest BCUT2D eigenvalue weighted by Gasteiger charge is 2.39. The monoisotopic (exact) mass is 446 g/mol. The summed E-state index contributed by atoms with van der Waals surface area (Å²) in [5.41, 5.74) is 1.48. The first-order valence-corrected chi connectivity index (χ1v) is 10.5. The van der Waals surface area contributed by atoms with E-state index < -0.39 is 0 Å². The second-order valence-corrected chi connectivity index (χ2v) is 7.88. The van der Waals surface area contributed by atoms with Crippen LogP contribution < -0.4 is 14.8 Å². The molecule has 2 aliphatic rings. The zero-order chi connectivity index (χ0) is 21.3. The van der Waals surface area contributed by atoms with Gasteiger partial charge in [0.05, 0.1) is 10.6 Å². The first kappa shape index (κ1) is 20.6. The number of anilines is 1. The van der Waals surface area contributed by atoms with E-state index in [1.54, 1.807) is 36.4 Å². The largest absolute Gasteiger partial charge is 0.454 e. The molecule has 0 radical (unpaired) electrons. The average Bonchev–Trinajstić information content (AvgIpc) is 3.27. The molecule has 0 aliphatic carbocycles. The van der Waals surface area contributed by atoms with Crippen LogP contribution in [-0.2, 0) is 9.59 Å². The number of halogens is 2. The Labute approximate surface area is 184 Å². The molecule has 1 N–H and O–H groups in total. The van der Waals surface area contributed by atoms with Gasteiger partial charge in [0.1, 0.15) is 5.70 Å². The van der Waals surface area contributed by atoms with E-state index in [0.29, 0.717) is 39.3 Å². The van der Waals surface area contributed by atoms with Crippen molar-refractivity contribution in [2.75, 3.05) is 18.7 Å². The van der Waals surface area contributed by atoms with Crippen LogP contribution in [0.5, 0.6) is 11.5 Å². The van der Waals surface area contributed by atoms with Crippen LogP contribution in [0.2, 0.25) is 10.0 Å². The molecule has 0 atom stereocenters. The number of hydrogen-bond donors (Lipinski definition) is 1. The third kappa shape index (κ3) is 3.85. The van der Waals surface area contributed by atoms with Gasteiger partial charge in [-0.25, -0.2) is 0 Å². The molecule has 0 saturated carbocycles. The predicted octanol–water partition coefficient (Wildman–Crippen LogP) is 5.10. The Morgan fingerprint density at radius 2 is 1.80 bits per heavy atom. The molecule has 0 bridgehead atoms. The Kier molecular flexibility index (Phi) is 5.88. The molecule has 2 aromatic carbocycles. The van der Waals surface area contributed by atoms with Gasteiger partial charge in [-0.15, -0.1) is 0 Å². The van der Waals surface area contributed by atoms with Crippen LogP contribution in [0.3, 0.4) is 0 Å². The number of nitrogens with one attached hydrogen (secondary N) is 1. The lowest BCUT2D eigenvalue weighted by atomic mass is 10.0. The molecule has 0 unspecified atom stereocenters. The molecular weight excluding hydrogens is 427 g/mol. The Morgan fingerprint density at radius 3 is 2.57 bits per heavy atom. The standard InChI is InChI=1S/C22H20Cl2N2O4/c1-2-3-4-9-26-21(27)19(15-7-5-13(23)10-16(15)24)20(22(26)28)25-14-6-8-17-18(11-14)30-12-29-17/h5-8,10-11,25H,2-4,9,12H2,1H3. The van der Waals surface area contributed by atoms with E-state index in [0.717, 1.165) is 19.3 Å². The van der Waals surface area contributed by atoms with Crippen LogP contribution in [0.4, 0.5) is 5.69 Å². The average molecular weight is 447 g/mol. The zero-order valence-corrected chi connectivity index (χ0v) is 17.8. The van der Waals surface area contributed by atoms with Gasteiger partial charge in [0.15, 0.2) is 11.5 Å². The number of nitrogens with zero attached hydrogens (tertiary/aromatic N) is 1. The summed E-state index contributed by atoms with van der Waals surface area (Å²) in [5.74, 6) is 0.451. The van der Waals surface area contributed by atoms with Crippen molar-refractivity contribution in [1.29, 1.82) is 0 Å². The lowest BCUT2D eigenvalue weighted by Crippen LogP contribution is -2.33. The van der Waals surface area contributed by atoms with E-state index in [1.807, 2.05) is 0 Å². The molecule has 0 fully saturated rings. The van der Waals surface area contributed by atoms with Crippen molar-refractivity contribution < 1.29 is 19.1 Å². The zero-order valence-electron chi connectivity index (χ0n) is 16.3. The van der Waals surface area contributed by atoms with E-state index in [-0.39, 0.29) is 29.9 Å². The van der Waals surface area contributed by atoms with Gasteiger partial charge in [0, 0.05) is 28.9 Å². The fourth-order valence-corrected chi connectivity index (χ4v) is 3.98. The van der Waals surface area contributed by atoms with Gasteiger partial charge in [-0.2, -0.15) is 0 Å². The molecule has 8 heteroatoms. The fraction of sp³-hybridized carbons (Fsp3) is 0.273. The summed E-state index contributed by atoms with van der Waals surface area (Å²) >= 11 is 12.4. The first-order valence-electron chi connectivity index (χ1n) is 9.72. The van der Waals surface area contributed by atoms with E-state index in [2.05, 4.69) is 12.2 Å². The van der Waals surface area contributed by atoms with Gasteiger partial charge in [0.2, 0.25) is 6.79 Å². The van der Waals surface area contributed by atoms with Crippen molar-refractivity contribution in [2.45, 2.75) is 26.2 Å². The summed E-state index contributed by atoms with van der Waals surface area (Å²) in [6.07, 6.45) is 2.66. The van der Waals surface area contributed by atoms with Crippen molar-refractivity contribution in [3.8, 4) is 11.5 Å². The summed E-state index contributed by atoms with van der Waals surface area (Å²) in [7, 11) is 0. The number of imide groups is 1. The van der Waals surface area contributed by atoms with Gasteiger partial charge in [-0.05, 0) is 30.7 Å². The molecule has 2 aliphatic heterocycles. The number of amides is 2. The third-order valence-electron chi connectivity index (χ3n) is 5.00. The Balaban J connectivity index is 1.73. The van der Waals surface area contributed by atoms with Gasteiger partial charge in [-0.1, -0.05) is 49.0 Å². The van der Waals surface area contributed by atoms with E-state index >= 15 is 0 Å². The third-order valence-corrected chi connectivity index (χ3v) is 5.54. The van der Waals surface area contributed by atoms with Crippen LogP contribution in [0.1, 0.15) is 31.7 Å². The molecular formula is C22H20Cl2N2O4. The van der Waals surface area contributed by atoms with Gasteiger partial charge in [-0.3, -0.25) is 14.5 Å². The molecule has 0 spiro atoms. The van der Waals surface area contributed by atoms with Crippen LogP contribution in [-0.4, -0.2) is 30.1 Å². The number of carbonyl (C=O) groups is 2. The number of fused-ring (bicyclic) bond motifs is 1. The molecule has 0 aromatic heterocycles. The Morgan fingerprint density at radius 1 is 1.00 bits per heavy atom. The molecule has 2 amide bonds. The minimum atomic E-state index is -0.380. The van der Waals surface area contributed by atoms with Crippen molar-refractivity contribution in [2.24, 2.45) is 0 Å². The van der Waals surface area contributed by atoms with E-state index in [4.69, 9.17) is 32.7 Å². The van der Waals surface area contributed by atoms with Crippen LogP contribution in [0.15, 0.2) is 42.1 Å². The summed E-state index contributed by atoms with van der Waals surface area (Å²) < 4.78 is 10.7. The first-order chi connectivity index (χ1) is 14.5. The van der Waals surface area contributed by atoms with Crippen molar-refractivity contribution >= 4 is 46.3 Å². The second kappa shape index (κ2) is 8.58. The minimum Gasteiger partial charge on any atom is -0.454 e. The second-order valence-electron chi connectivity index (χ2n) is 7.04. The summed E-state index contributed by atoms with van der Waals surface area (Å²) in [5, 5.41) is 3.86. The predicted molar refractivity (Wildman–Crippen MR) is 116 cm³/mol. The SMILES string of the molecule is CCCCCN1C(=O)C(Nc2ccc3c(c2)OCO3)=C(c2ccc(Cl)cc2Cl)C1=O. The molecule has 156 valence electrons. The minimum absolute atomic E-state index is 0.149. The molecule has 4 rings (SSSR count). The number of carbonyl (C=O) groups excluding carboxylic acids is 2. The number of ether oxygens (including phenoxy) is 2. The van der Waals surface area contributed by atoms with Gasteiger partial charge in [0.25, 0.3) is 11.8 Å². The lowest BCUT2D eigenvalue weighted by molar-refractivity contribution is -0.136. The number of unbranched alkanes of at least 4 members (excludes halogenated alkanes) is 2. The van der Waals surface area contributed by atoms with E-state index in [9.17, 15) is 9.59 Å². The fourth-order valence-electron chi connectivity index (χ4n) is 3.48. The number of hydrogen-bond acceptors (Lipinski definition) is 5. The highest BCUT2D eigenvalue weighted by molar-refractivity contribution is 6.41. The van der Waals surface area contributed by atoms with Crippen LogP contribution in [0, 0.1) is 0 Å². The van der Waals surface area contributed by atoms with Crippen molar-refractivity contribution in [3.63, 3.8) is 0 Å². The summed E-state index contributed by atoms with van der Waals surface area (Å²) in [6, 6.07) is 10.1. The normalized spacial score (nSPS) is 15.4. The maximum Gasteiger partial charge on any atom is 0.278 e. The topological polar surface area (TPSA) is 67.9 Å². The van der Waals surface area contributed by atoms with E-state index in [1.165, 1.54) is 4.90 Å². The molecule has 30 heavy (non-hydrogen) atoms. The number of benzene rings is 2. The van der Waals surface area contributed by atoms with Crippen molar-refractivity contribution in [1.82, 2.24) is 4.90 Å². The van der Waals surface area contributed by atoms with Crippen molar-refractivity contribution in [3.05, 3.63) is 57.7 Å². The maximum absolute atomic E-state index is 13.2. The maximum atomic E-state index is 13.2. The molecule has 0 saturated heterocycles. The smallest absolute Gasteiger partial charge is 0.278 e. The quantitative estimate of drug-likeness (QED) is 0.472. The lowest BCUT2D eigenvalue weighted by Gasteiger charge is -2.15. The number of rotatable bonds is 7. The Hall–Kier alpha value is -2.70.